The maximum absolute atomic E-state index is 8.94. The van der Waals surface area contributed by atoms with E-state index in [9.17, 15) is 0 Å². The predicted octanol–water partition coefficient (Wildman–Crippen LogP) is -1.05. The van der Waals surface area contributed by atoms with E-state index in [2.05, 4.69) is 9.97 Å². The Labute approximate surface area is 80.8 Å². The summed E-state index contributed by atoms with van der Waals surface area (Å²) in [6.45, 7) is 0. The lowest BCUT2D eigenvalue weighted by atomic mass is 9.81. The second kappa shape index (κ2) is 3.61. The third-order valence-corrected chi connectivity index (χ3v) is 1.85. The van der Waals surface area contributed by atoms with Crippen LogP contribution in [0.2, 0.25) is 0 Å². The highest BCUT2D eigenvalue weighted by Gasteiger charge is 2.11. The molecular weight excluding hydrogens is 181 g/mol. The molecule has 0 unspecified atom stereocenters. The first kappa shape index (κ1) is 8.92. The van der Waals surface area contributed by atoms with Crippen LogP contribution in [0.4, 0.5) is 0 Å². The van der Waals surface area contributed by atoms with Gasteiger partial charge in [-0.15, -0.1) is 0 Å². The predicted molar refractivity (Wildman–Crippen MR) is 51.2 cm³/mol. The average Bonchev–Trinajstić information content (AvgIpc) is 2.71. The molecule has 0 spiro atoms. The van der Waals surface area contributed by atoms with Crippen molar-refractivity contribution in [3.63, 3.8) is 0 Å². The van der Waals surface area contributed by atoms with Gasteiger partial charge in [0.1, 0.15) is 0 Å². The first-order chi connectivity index (χ1) is 6.77. The Morgan fingerprint density at radius 2 is 2.07 bits per heavy atom. The zero-order chi connectivity index (χ0) is 9.97. The van der Waals surface area contributed by atoms with Gasteiger partial charge in [-0.05, 0) is 6.07 Å². The van der Waals surface area contributed by atoms with E-state index in [0.29, 0.717) is 5.46 Å². The topological polar surface area (TPSA) is 71.2 Å². The monoisotopic (exact) mass is 189 g/mol. The number of nitrogens with zero attached hydrogens (tertiary/aromatic N) is 3. The lowest BCUT2D eigenvalue weighted by Crippen LogP contribution is -2.30. The zero-order valence-electron chi connectivity index (χ0n) is 7.28. The van der Waals surface area contributed by atoms with Crippen LogP contribution < -0.4 is 5.46 Å². The van der Waals surface area contributed by atoms with Crippen molar-refractivity contribution < 1.29 is 10.0 Å². The molecule has 2 rings (SSSR count). The van der Waals surface area contributed by atoms with E-state index in [0.717, 1.165) is 5.69 Å². The molecule has 0 radical (unpaired) electrons. The molecule has 14 heavy (non-hydrogen) atoms. The Morgan fingerprint density at radius 1 is 1.21 bits per heavy atom. The Hall–Kier alpha value is -1.66. The van der Waals surface area contributed by atoms with Crippen LogP contribution in [0.3, 0.4) is 0 Å². The van der Waals surface area contributed by atoms with Crippen LogP contribution in [0.25, 0.3) is 5.69 Å². The van der Waals surface area contributed by atoms with Crippen molar-refractivity contribution in [2.24, 2.45) is 0 Å². The molecule has 2 heterocycles. The summed E-state index contributed by atoms with van der Waals surface area (Å²) in [5, 5.41) is 17.9. The Balaban J connectivity index is 2.41. The molecule has 6 heteroatoms. The second-order valence-electron chi connectivity index (χ2n) is 2.82. The maximum atomic E-state index is 8.94. The van der Waals surface area contributed by atoms with Gasteiger partial charge >= 0.3 is 7.12 Å². The number of hydrogen-bond donors (Lipinski definition) is 2. The van der Waals surface area contributed by atoms with Crippen molar-refractivity contribution in [2.75, 3.05) is 0 Å². The van der Waals surface area contributed by atoms with Gasteiger partial charge in [0.05, 0.1) is 18.2 Å². The van der Waals surface area contributed by atoms with Gasteiger partial charge in [-0.1, -0.05) is 0 Å². The molecule has 5 nitrogen and oxygen atoms in total. The largest absolute Gasteiger partial charge is 0.490 e. The molecule has 0 aromatic carbocycles. The fourth-order valence-electron chi connectivity index (χ4n) is 1.14. The summed E-state index contributed by atoms with van der Waals surface area (Å²) in [5.41, 5.74) is 1.10. The van der Waals surface area contributed by atoms with Gasteiger partial charge in [-0.3, -0.25) is 4.98 Å². The van der Waals surface area contributed by atoms with Crippen molar-refractivity contribution >= 4 is 12.6 Å². The van der Waals surface area contributed by atoms with Gasteiger partial charge < -0.3 is 14.6 Å². The molecule has 2 aromatic rings. The highest BCUT2D eigenvalue weighted by molar-refractivity contribution is 6.58. The minimum atomic E-state index is -1.49. The molecule has 0 aliphatic rings. The van der Waals surface area contributed by atoms with Crippen molar-refractivity contribution in [3.05, 3.63) is 37.2 Å². The third kappa shape index (κ3) is 1.66. The van der Waals surface area contributed by atoms with E-state index >= 15 is 0 Å². The van der Waals surface area contributed by atoms with E-state index in [-0.39, 0.29) is 0 Å². The molecule has 0 saturated carbocycles. The molecular formula is C8H8BN3O2. The van der Waals surface area contributed by atoms with Crippen molar-refractivity contribution in [1.82, 2.24) is 14.5 Å². The van der Waals surface area contributed by atoms with Gasteiger partial charge in [0, 0.05) is 24.1 Å². The molecule has 0 saturated heterocycles. The van der Waals surface area contributed by atoms with Gasteiger partial charge in [0.25, 0.3) is 0 Å². The molecule has 2 aromatic heterocycles. The highest BCUT2D eigenvalue weighted by Crippen LogP contribution is 2.02. The quantitative estimate of drug-likeness (QED) is 0.591. The first-order valence-electron chi connectivity index (χ1n) is 4.07. The standard InChI is InChI=1S/C8H8BN3O2/c13-9(14)7-3-8(5-11-4-7)12-2-1-10-6-12/h1-6,13-14H. The molecule has 2 N–H and O–H groups in total. The molecule has 0 fully saturated rings. The Kier molecular flexibility index (Phi) is 2.30. The SMILES string of the molecule is OB(O)c1cncc(-n2ccnc2)c1. The summed E-state index contributed by atoms with van der Waals surface area (Å²) < 4.78 is 1.74. The third-order valence-electron chi connectivity index (χ3n) is 1.85. The second-order valence-corrected chi connectivity index (χ2v) is 2.82. The van der Waals surface area contributed by atoms with Crippen molar-refractivity contribution in [2.45, 2.75) is 0 Å². The summed E-state index contributed by atoms with van der Waals surface area (Å²) >= 11 is 0. The number of aromatic nitrogens is 3. The first-order valence-corrected chi connectivity index (χ1v) is 4.07. The van der Waals surface area contributed by atoms with Gasteiger partial charge in [0.2, 0.25) is 0 Å². The number of pyridine rings is 1. The maximum Gasteiger partial charge on any atom is 0.490 e. The van der Waals surface area contributed by atoms with E-state index in [4.69, 9.17) is 10.0 Å². The lowest BCUT2D eigenvalue weighted by molar-refractivity contribution is 0.425. The summed E-state index contributed by atoms with van der Waals surface area (Å²) in [6, 6.07) is 1.64. The van der Waals surface area contributed by atoms with E-state index in [1.165, 1.54) is 6.20 Å². The van der Waals surface area contributed by atoms with Crippen LogP contribution in [0.1, 0.15) is 0 Å². The van der Waals surface area contributed by atoms with Crippen molar-refractivity contribution in [1.29, 1.82) is 0 Å². The molecule has 0 aliphatic carbocycles. The number of imidazole rings is 1. The van der Waals surface area contributed by atoms with Gasteiger partial charge in [0.15, 0.2) is 0 Å². The zero-order valence-corrected chi connectivity index (χ0v) is 7.28. The van der Waals surface area contributed by atoms with Crippen LogP contribution in [0, 0.1) is 0 Å². The summed E-state index contributed by atoms with van der Waals surface area (Å²) in [4.78, 5) is 7.78. The van der Waals surface area contributed by atoms with Crippen LogP contribution in [-0.2, 0) is 0 Å². The summed E-state index contributed by atoms with van der Waals surface area (Å²) in [5.74, 6) is 0. The molecule has 0 bridgehead atoms. The van der Waals surface area contributed by atoms with Crippen LogP contribution >= 0.6 is 0 Å². The van der Waals surface area contributed by atoms with E-state index in [1.807, 2.05) is 0 Å². The molecule has 0 atom stereocenters. The Bertz CT molecular complexity index is 416. The van der Waals surface area contributed by atoms with Crippen LogP contribution in [-0.4, -0.2) is 31.7 Å². The summed E-state index contributed by atoms with van der Waals surface area (Å²) in [7, 11) is -1.49. The van der Waals surface area contributed by atoms with Gasteiger partial charge in [-0.2, -0.15) is 0 Å². The van der Waals surface area contributed by atoms with Crippen molar-refractivity contribution in [3.8, 4) is 5.69 Å². The average molecular weight is 189 g/mol. The van der Waals surface area contributed by atoms with Crippen LogP contribution in [0.5, 0.6) is 0 Å². The van der Waals surface area contributed by atoms with E-state index in [1.54, 1.807) is 35.6 Å². The Morgan fingerprint density at radius 3 is 2.71 bits per heavy atom. The molecule has 0 amide bonds. The summed E-state index contributed by atoms with van der Waals surface area (Å²) in [6.07, 6.45) is 8.04. The van der Waals surface area contributed by atoms with Gasteiger partial charge in [-0.25, -0.2) is 4.98 Å². The lowest BCUT2D eigenvalue weighted by Gasteiger charge is -2.03. The highest BCUT2D eigenvalue weighted by atomic mass is 16.4. The molecule has 0 aliphatic heterocycles. The fraction of sp³-hybridized carbons (Fsp3) is 0. The number of hydrogen-bond acceptors (Lipinski definition) is 4. The van der Waals surface area contributed by atoms with E-state index < -0.39 is 7.12 Å². The minimum Gasteiger partial charge on any atom is -0.423 e. The van der Waals surface area contributed by atoms with Crippen LogP contribution in [0.15, 0.2) is 37.2 Å². The number of rotatable bonds is 2. The minimum absolute atomic E-state index is 0.358. The molecule has 70 valence electrons. The fourth-order valence-corrected chi connectivity index (χ4v) is 1.14. The smallest absolute Gasteiger partial charge is 0.423 e. The normalized spacial score (nSPS) is 10.1.